The fraction of sp³-hybridized carbons (Fsp3) is 0.833. The van der Waals surface area contributed by atoms with Gasteiger partial charge < -0.3 is 24.2 Å². The molecule has 2 N–H and O–H groups in total. The Labute approximate surface area is 479 Å². The molecular weight excluding hydrogens is 1000 g/mol. The number of aliphatic hydroxyl groups excluding tert-OH is 1. The number of phosphoric acid groups is 1. The summed E-state index contributed by atoms with van der Waals surface area (Å²) in [6, 6.07) is 0. The highest BCUT2D eigenvalue weighted by Crippen LogP contribution is 2.43. The molecule has 0 saturated carbocycles. The molecule has 0 bridgehead atoms. The Kier molecular flexibility index (Phi) is 58.5. The summed E-state index contributed by atoms with van der Waals surface area (Å²) >= 11 is 0. The standard InChI is InChI=1S/C66H121O11P/c1-4-7-10-13-16-19-22-25-27-29-31-33-35-38-40-43-46-49-52-55-64(68)73-59-63(77-66(70)57-54-51-48-45-42-39-36-34-32-30-28-26-23-20-17-14-11-8-5-2)61-75-78(71,72)74-60-62(58-67)76-65(69)56-53-50-47-44-41-37-24-21-18-15-12-9-6-3/h17,20-21,24-28,62-63,67H,4-16,18-19,22-23,29-61H2,1-3H3,(H,71,72)/b20-17-,24-21-,27-25-,28-26-. The molecule has 0 aliphatic heterocycles. The van der Waals surface area contributed by atoms with Crippen molar-refractivity contribution in [2.24, 2.45) is 0 Å². The number of esters is 3. The molecule has 78 heavy (non-hydrogen) atoms. The number of rotatable bonds is 61. The van der Waals surface area contributed by atoms with Crippen molar-refractivity contribution < 1.29 is 52.2 Å². The molecule has 0 spiro atoms. The lowest BCUT2D eigenvalue weighted by molar-refractivity contribution is -0.161. The van der Waals surface area contributed by atoms with E-state index in [2.05, 4.69) is 69.4 Å². The van der Waals surface area contributed by atoms with Crippen molar-refractivity contribution in [1.29, 1.82) is 0 Å². The van der Waals surface area contributed by atoms with Crippen molar-refractivity contribution in [3.63, 3.8) is 0 Å². The average molecular weight is 1120 g/mol. The minimum atomic E-state index is -4.75. The van der Waals surface area contributed by atoms with E-state index < -0.39 is 57.8 Å². The third-order valence-electron chi connectivity index (χ3n) is 14.2. The molecule has 456 valence electrons. The second kappa shape index (κ2) is 60.5. The summed E-state index contributed by atoms with van der Waals surface area (Å²) in [5, 5.41) is 9.84. The Balaban J connectivity index is 4.69. The van der Waals surface area contributed by atoms with Gasteiger partial charge in [-0.2, -0.15) is 0 Å². The molecule has 11 nitrogen and oxygen atoms in total. The summed E-state index contributed by atoms with van der Waals surface area (Å²) in [5.74, 6) is -1.46. The van der Waals surface area contributed by atoms with Gasteiger partial charge in [0.1, 0.15) is 12.7 Å². The first-order valence-corrected chi connectivity index (χ1v) is 34.0. The van der Waals surface area contributed by atoms with E-state index in [1.54, 1.807) is 0 Å². The van der Waals surface area contributed by atoms with Gasteiger partial charge in [0.15, 0.2) is 6.10 Å². The number of hydrogen-bond donors (Lipinski definition) is 2. The molecule has 3 atom stereocenters. The molecule has 12 heteroatoms. The largest absolute Gasteiger partial charge is 0.472 e. The zero-order valence-electron chi connectivity index (χ0n) is 50.6. The summed E-state index contributed by atoms with van der Waals surface area (Å²) in [5.41, 5.74) is 0. The van der Waals surface area contributed by atoms with Crippen molar-refractivity contribution in [3.05, 3.63) is 48.6 Å². The van der Waals surface area contributed by atoms with Crippen LogP contribution in [0.25, 0.3) is 0 Å². The molecule has 0 heterocycles. The molecule has 0 saturated heterocycles. The topological polar surface area (TPSA) is 155 Å². The van der Waals surface area contributed by atoms with E-state index in [9.17, 15) is 28.9 Å². The Morgan fingerprint density at radius 2 is 0.628 bits per heavy atom. The van der Waals surface area contributed by atoms with E-state index in [1.807, 2.05) is 0 Å². The van der Waals surface area contributed by atoms with E-state index in [-0.39, 0.29) is 25.9 Å². The van der Waals surface area contributed by atoms with Gasteiger partial charge in [-0.05, 0) is 103 Å². The Bertz CT molecular complexity index is 1490. The van der Waals surface area contributed by atoms with E-state index >= 15 is 0 Å². The van der Waals surface area contributed by atoms with Gasteiger partial charge in [0.2, 0.25) is 0 Å². The molecule has 0 aliphatic rings. The van der Waals surface area contributed by atoms with Crippen LogP contribution in [0, 0.1) is 0 Å². The summed E-state index contributed by atoms with van der Waals surface area (Å²) in [6.07, 6.45) is 66.3. The number of ether oxygens (including phenoxy) is 3. The number of hydrogen-bond acceptors (Lipinski definition) is 10. The van der Waals surface area contributed by atoms with Crippen LogP contribution in [-0.4, -0.2) is 66.5 Å². The lowest BCUT2D eigenvalue weighted by atomic mass is 10.1. The maximum atomic E-state index is 13.0. The first kappa shape index (κ1) is 75.4. The number of aliphatic hydroxyl groups is 1. The number of allylic oxidation sites excluding steroid dienone is 8. The number of carbonyl (C=O) groups is 3. The third kappa shape index (κ3) is 58.1. The van der Waals surface area contributed by atoms with Crippen LogP contribution in [0.4, 0.5) is 0 Å². The summed E-state index contributed by atoms with van der Waals surface area (Å²) < 4.78 is 39.7. The van der Waals surface area contributed by atoms with Gasteiger partial charge in [0.25, 0.3) is 0 Å². The molecule has 0 fully saturated rings. The highest BCUT2D eigenvalue weighted by atomic mass is 31.2. The molecule has 0 aromatic carbocycles. The van der Waals surface area contributed by atoms with Crippen LogP contribution < -0.4 is 0 Å². The van der Waals surface area contributed by atoms with Crippen molar-refractivity contribution in [2.45, 2.75) is 328 Å². The predicted octanol–water partition coefficient (Wildman–Crippen LogP) is 19.7. The van der Waals surface area contributed by atoms with Crippen molar-refractivity contribution in [1.82, 2.24) is 0 Å². The van der Waals surface area contributed by atoms with Gasteiger partial charge in [-0.25, -0.2) is 4.57 Å². The van der Waals surface area contributed by atoms with Crippen LogP contribution in [0.15, 0.2) is 48.6 Å². The van der Waals surface area contributed by atoms with Crippen LogP contribution in [0.3, 0.4) is 0 Å². The molecule has 0 rings (SSSR count). The van der Waals surface area contributed by atoms with E-state index in [0.717, 1.165) is 89.9 Å². The molecule has 3 unspecified atom stereocenters. The quantitative estimate of drug-likeness (QED) is 0.0197. The number of phosphoric ester groups is 1. The molecule has 0 aromatic heterocycles. The fourth-order valence-electron chi connectivity index (χ4n) is 9.20. The van der Waals surface area contributed by atoms with Gasteiger partial charge in [0, 0.05) is 19.3 Å². The lowest BCUT2D eigenvalue weighted by Crippen LogP contribution is -2.30. The third-order valence-corrected chi connectivity index (χ3v) is 15.1. The van der Waals surface area contributed by atoms with Gasteiger partial charge in [0.05, 0.1) is 19.8 Å². The van der Waals surface area contributed by atoms with E-state index in [4.69, 9.17) is 23.3 Å². The van der Waals surface area contributed by atoms with Gasteiger partial charge >= 0.3 is 25.7 Å². The SMILES string of the molecule is CCCCC/C=C\C/C=C\CCCCCCCCCCCC(=O)OC(COC(=O)CCCCCCCCCCC/C=C\CCCCCCCC)COP(=O)(O)OCC(CO)OC(=O)CCCCCCC/C=C\CCCCCC. The van der Waals surface area contributed by atoms with Gasteiger partial charge in [-0.1, -0.05) is 243 Å². The normalized spacial score (nSPS) is 13.6. The monoisotopic (exact) mass is 1120 g/mol. The van der Waals surface area contributed by atoms with Crippen molar-refractivity contribution >= 4 is 25.7 Å². The Morgan fingerprint density at radius 1 is 0.359 bits per heavy atom. The second-order valence-electron chi connectivity index (χ2n) is 21.9. The lowest BCUT2D eigenvalue weighted by Gasteiger charge is -2.21. The smallest absolute Gasteiger partial charge is 0.462 e. The molecule has 0 aromatic rings. The van der Waals surface area contributed by atoms with E-state index in [0.29, 0.717) is 19.3 Å². The molecular formula is C66H121O11P. The molecule has 0 amide bonds. The highest BCUT2D eigenvalue weighted by Gasteiger charge is 2.28. The number of carbonyl (C=O) groups excluding carboxylic acids is 3. The highest BCUT2D eigenvalue weighted by molar-refractivity contribution is 7.47. The average Bonchev–Trinajstić information content (AvgIpc) is 3.43. The van der Waals surface area contributed by atoms with Crippen LogP contribution in [0.1, 0.15) is 316 Å². The van der Waals surface area contributed by atoms with Crippen molar-refractivity contribution in [3.8, 4) is 0 Å². The van der Waals surface area contributed by atoms with Crippen LogP contribution in [0.5, 0.6) is 0 Å². The summed E-state index contributed by atoms with van der Waals surface area (Å²) in [4.78, 5) is 48.7. The van der Waals surface area contributed by atoms with E-state index in [1.165, 1.54) is 167 Å². The Hall–Kier alpha value is -2.56. The van der Waals surface area contributed by atoms with Crippen LogP contribution in [-0.2, 0) is 42.2 Å². The summed E-state index contributed by atoms with van der Waals surface area (Å²) in [7, 11) is -4.75. The Morgan fingerprint density at radius 3 is 1.00 bits per heavy atom. The van der Waals surface area contributed by atoms with Crippen molar-refractivity contribution in [2.75, 3.05) is 26.4 Å². The molecule has 0 radical (unpaired) electrons. The fourth-order valence-corrected chi connectivity index (χ4v) is 9.99. The zero-order chi connectivity index (χ0) is 56.9. The predicted molar refractivity (Wildman–Crippen MR) is 325 cm³/mol. The molecule has 0 aliphatic carbocycles. The minimum absolute atomic E-state index is 0.164. The maximum absolute atomic E-state index is 13.0. The van der Waals surface area contributed by atoms with Crippen LogP contribution in [0.2, 0.25) is 0 Å². The zero-order valence-corrected chi connectivity index (χ0v) is 51.5. The second-order valence-corrected chi connectivity index (χ2v) is 23.4. The van der Waals surface area contributed by atoms with Crippen LogP contribution >= 0.6 is 7.82 Å². The summed E-state index contributed by atoms with van der Waals surface area (Å²) in [6.45, 7) is 4.64. The number of unbranched alkanes of at least 4 members (excludes halogenated alkanes) is 36. The minimum Gasteiger partial charge on any atom is -0.462 e. The van der Waals surface area contributed by atoms with Gasteiger partial charge in [-0.15, -0.1) is 0 Å². The first-order valence-electron chi connectivity index (χ1n) is 32.5. The van der Waals surface area contributed by atoms with Gasteiger partial charge in [-0.3, -0.25) is 23.4 Å². The maximum Gasteiger partial charge on any atom is 0.472 e. The first-order chi connectivity index (χ1) is 38.2.